The summed E-state index contributed by atoms with van der Waals surface area (Å²) in [5.74, 6) is 0. The van der Waals surface area contributed by atoms with E-state index < -0.39 is 21.0 Å². The largest absolute Gasteiger partial charge is 0.342 e. The molecule has 0 saturated heterocycles. The first kappa shape index (κ1) is 21.4. The molecule has 31 heavy (non-hydrogen) atoms. The van der Waals surface area contributed by atoms with Gasteiger partial charge in [-0.05, 0) is 42.5 Å². The highest BCUT2D eigenvalue weighted by Gasteiger charge is 2.26. The molecule has 3 rings (SSSR count). The van der Waals surface area contributed by atoms with Crippen molar-refractivity contribution in [3.05, 3.63) is 94.5 Å². The number of nitro benzene ring substituents is 1. The van der Waals surface area contributed by atoms with Crippen molar-refractivity contribution in [1.29, 1.82) is 5.26 Å². The SMILES string of the molecule is N#Cc1ccc(N(NS(=O)(=O)c2ccccc2)C(=O)Nc2ccccc2[N+](=O)[O-])cc1. The highest BCUT2D eigenvalue weighted by molar-refractivity contribution is 7.89. The zero-order chi connectivity index (χ0) is 22.4. The normalized spacial score (nSPS) is 10.7. The van der Waals surface area contributed by atoms with Gasteiger partial charge in [-0.3, -0.25) is 10.1 Å². The molecule has 3 aromatic rings. The molecule has 3 aromatic carbocycles. The van der Waals surface area contributed by atoms with E-state index in [1.54, 1.807) is 6.07 Å². The predicted molar refractivity (Wildman–Crippen MR) is 113 cm³/mol. The van der Waals surface area contributed by atoms with Crippen LogP contribution in [0, 0.1) is 21.4 Å². The summed E-state index contributed by atoms with van der Waals surface area (Å²) in [6, 6.07) is 19.3. The van der Waals surface area contributed by atoms with E-state index in [0.717, 1.165) is 0 Å². The molecule has 0 aromatic heterocycles. The number of amides is 2. The molecule has 0 heterocycles. The highest BCUT2D eigenvalue weighted by atomic mass is 32.2. The van der Waals surface area contributed by atoms with Gasteiger partial charge in [-0.1, -0.05) is 30.3 Å². The Labute approximate surface area is 177 Å². The number of anilines is 2. The predicted octanol–water partition coefficient (Wildman–Crippen LogP) is 3.40. The lowest BCUT2D eigenvalue weighted by atomic mass is 10.2. The van der Waals surface area contributed by atoms with Crippen LogP contribution < -0.4 is 15.2 Å². The maximum absolute atomic E-state index is 13.0. The molecule has 0 aliphatic rings. The van der Waals surface area contributed by atoms with Crippen LogP contribution in [-0.4, -0.2) is 19.4 Å². The number of nitriles is 1. The minimum Gasteiger partial charge on any atom is -0.300 e. The van der Waals surface area contributed by atoms with Crippen LogP contribution in [0.15, 0.2) is 83.8 Å². The van der Waals surface area contributed by atoms with Gasteiger partial charge < -0.3 is 5.32 Å². The second-order valence-corrected chi connectivity index (χ2v) is 7.77. The molecule has 2 amide bonds. The first-order valence-corrected chi connectivity index (χ1v) is 10.2. The van der Waals surface area contributed by atoms with E-state index in [1.165, 1.54) is 72.8 Å². The Balaban J connectivity index is 1.98. The van der Waals surface area contributed by atoms with E-state index in [1.807, 2.05) is 6.07 Å². The Kier molecular flexibility index (Phi) is 6.25. The number of nitrogens with zero attached hydrogens (tertiary/aromatic N) is 3. The van der Waals surface area contributed by atoms with E-state index in [2.05, 4.69) is 10.1 Å². The zero-order valence-electron chi connectivity index (χ0n) is 15.8. The topological polar surface area (TPSA) is 145 Å². The van der Waals surface area contributed by atoms with Gasteiger partial charge in [0.2, 0.25) is 0 Å². The summed E-state index contributed by atoms with van der Waals surface area (Å²) >= 11 is 0. The van der Waals surface area contributed by atoms with E-state index in [4.69, 9.17) is 5.26 Å². The number of hydrogen-bond donors (Lipinski definition) is 2. The lowest BCUT2D eigenvalue weighted by molar-refractivity contribution is -0.383. The number of benzene rings is 3. The second kappa shape index (κ2) is 9.04. The van der Waals surface area contributed by atoms with Crippen LogP contribution in [0.2, 0.25) is 0 Å². The van der Waals surface area contributed by atoms with E-state index in [0.29, 0.717) is 10.6 Å². The molecule has 156 valence electrons. The van der Waals surface area contributed by atoms with Gasteiger partial charge in [0.05, 0.1) is 27.1 Å². The van der Waals surface area contributed by atoms with Gasteiger partial charge in [0.25, 0.3) is 15.7 Å². The van der Waals surface area contributed by atoms with Gasteiger partial charge in [0.15, 0.2) is 0 Å². The number of carbonyl (C=O) groups is 1. The molecule has 0 atom stereocenters. The van der Waals surface area contributed by atoms with Crippen LogP contribution in [-0.2, 0) is 10.0 Å². The maximum Gasteiger partial charge on any atom is 0.342 e. The number of rotatable bonds is 6. The number of nitrogens with one attached hydrogen (secondary N) is 2. The number of hydrogen-bond acceptors (Lipinski definition) is 6. The standard InChI is InChI=1S/C20H15N5O5S/c21-14-15-10-12-16(13-11-15)24(23-31(29,30)17-6-2-1-3-7-17)20(26)22-18-8-4-5-9-19(18)25(27)28/h1-13,23H,(H,22,26). The van der Waals surface area contributed by atoms with E-state index in [-0.39, 0.29) is 22.0 Å². The highest BCUT2D eigenvalue weighted by Crippen LogP contribution is 2.25. The van der Waals surface area contributed by atoms with Crippen LogP contribution >= 0.6 is 0 Å². The van der Waals surface area contributed by atoms with Gasteiger partial charge in [-0.2, -0.15) is 5.26 Å². The molecule has 0 aliphatic carbocycles. The molecule has 0 saturated carbocycles. The molecule has 0 unspecified atom stereocenters. The van der Waals surface area contributed by atoms with Crippen LogP contribution in [0.5, 0.6) is 0 Å². The number of nitro groups is 1. The number of sulfonamides is 1. The van der Waals surface area contributed by atoms with Gasteiger partial charge >= 0.3 is 6.03 Å². The molecule has 0 bridgehead atoms. The van der Waals surface area contributed by atoms with Crippen molar-refractivity contribution >= 4 is 33.1 Å². The minimum absolute atomic E-state index is 0.0906. The van der Waals surface area contributed by atoms with Crippen LogP contribution in [0.25, 0.3) is 0 Å². The summed E-state index contributed by atoms with van der Waals surface area (Å²) in [5.41, 5.74) is -0.0834. The molecule has 2 N–H and O–H groups in total. The summed E-state index contributed by atoms with van der Waals surface area (Å²) in [6.45, 7) is 0. The Bertz CT molecular complexity index is 1260. The molecular weight excluding hydrogens is 422 g/mol. The fourth-order valence-electron chi connectivity index (χ4n) is 2.58. The average Bonchev–Trinajstić information content (AvgIpc) is 2.78. The number of carbonyl (C=O) groups excluding carboxylic acids is 1. The minimum atomic E-state index is -4.17. The number of para-hydroxylation sites is 2. The molecule has 0 spiro atoms. The Hall–Kier alpha value is -4.27. The van der Waals surface area contributed by atoms with Crippen molar-refractivity contribution in [3.8, 4) is 6.07 Å². The van der Waals surface area contributed by atoms with Crippen molar-refractivity contribution in [2.75, 3.05) is 10.3 Å². The quantitative estimate of drug-likeness (QED) is 0.446. The summed E-state index contributed by atoms with van der Waals surface area (Å²) in [6.07, 6.45) is 0. The summed E-state index contributed by atoms with van der Waals surface area (Å²) < 4.78 is 25.6. The second-order valence-electron chi connectivity index (χ2n) is 6.11. The van der Waals surface area contributed by atoms with E-state index in [9.17, 15) is 23.3 Å². The number of hydrazine groups is 1. The van der Waals surface area contributed by atoms with Crippen LogP contribution in [0.3, 0.4) is 0 Å². The van der Waals surface area contributed by atoms with Crippen molar-refractivity contribution < 1.29 is 18.1 Å². The molecular formula is C20H15N5O5S. The summed E-state index contributed by atoms with van der Waals surface area (Å²) in [7, 11) is -4.17. The van der Waals surface area contributed by atoms with Gasteiger partial charge in [-0.25, -0.2) is 18.2 Å². The zero-order valence-corrected chi connectivity index (χ0v) is 16.6. The molecule has 0 radical (unpaired) electrons. The van der Waals surface area contributed by atoms with Crippen molar-refractivity contribution in [3.63, 3.8) is 0 Å². The fraction of sp³-hybridized carbons (Fsp3) is 0. The van der Waals surface area contributed by atoms with Crippen LogP contribution in [0.4, 0.5) is 21.9 Å². The molecule has 10 nitrogen and oxygen atoms in total. The lowest BCUT2D eigenvalue weighted by Gasteiger charge is -2.23. The first-order valence-electron chi connectivity index (χ1n) is 8.74. The van der Waals surface area contributed by atoms with Gasteiger partial charge in [0.1, 0.15) is 5.69 Å². The Morgan fingerprint density at radius 3 is 2.19 bits per heavy atom. The van der Waals surface area contributed by atoms with Crippen molar-refractivity contribution in [1.82, 2.24) is 4.83 Å². The first-order chi connectivity index (χ1) is 14.8. The smallest absolute Gasteiger partial charge is 0.300 e. The van der Waals surface area contributed by atoms with Crippen LogP contribution in [0.1, 0.15) is 5.56 Å². The summed E-state index contributed by atoms with van der Waals surface area (Å²) in [4.78, 5) is 25.6. The van der Waals surface area contributed by atoms with Gasteiger partial charge in [0, 0.05) is 6.07 Å². The van der Waals surface area contributed by atoms with Crippen molar-refractivity contribution in [2.24, 2.45) is 0 Å². The molecule has 11 heteroatoms. The molecule has 0 aliphatic heterocycles. The van der Waals surface area contributed by atoms with Gasteiger partial charge in [-0.15, -0.1) is 4.83 Å². The third-order valence-electron chi connectivity index (χ3n) is 4.07. The maximum atomic E-state index is 13.0. The third kappa shape index (κ3) is 5.02. The molecule has 0 fully saturated rings. The Morgan fingerprint density at radius 2 is 1.58 bits per heavy atom. The van der Waals surface area contributed by atoms with Crippen molar-refractivity contribution in [2.45, 2.75) is 4.90 Å². The summed E-state index contributed by atoms with van der Waals surface area (Å²) in [5, 5.41) is 23.2. The monoisotopic (exact) mass is 437 g/mol. The van der Waals surface area contributed by atoms with E-state index >= 15 is 0 Å². The fourth-order valence-corrected chi connectivity index (χ4v) is 3.63. The third-order valence-corrected chi connectivity index (χ3v) is 5.38. The average molecular weight is 437 g/mol. The number of urea groups is 1. The Morgan fingerprint density at radius 1 is 0.968 bits per heavy atom. The lowest BCUT2D eigenvalue weighted by Crippen LogP contribution is -2.48.